The molecule has 0 fully saturated rings. The van der Waals surface area contributed by atoms with Crippen LogP contribution in [0.5, 0.6) is 0 Å². The number of rotatable bonds is 6. The summed E-state index contributed by atoms with van der Waals surface area (Å²) in [6.07, 6.45) is 2.22. The maximum absolute atomic E-state index is 10.9. The Morgan fingerprint density at radius 1 is 1.31 bits per heavy atom. The van der Waals surface area contributed by atoms with Gasteiger partial charge in [0.25, 0.3) is 0 Å². The van der Waals surface area contributed by atoms with E-state index in [1.165, 1.54) is 7.05 Å². The third kappa shape index (κ3) is 7.27. The van der Waals surface area contributed by atoms with Crippen LogP contribution in [-0.2, 0) is 14.4 Å². The average molecular weight is 188 g/mol. The Bertz CT molecular complexity index is 171. The minimum absolute atomic E-state index is 0.144. The highest BCUT2D eigenvalue weighted by molar-refractivity contribution is 5.77. The smallest absolute Gasteiger partial charge is 0.248 e. The van der Waals surface area contributed by atoms with Crippen LogP contribution in [0.1, 0.15) is 26.2 Å². The zero-order chi connectivity index (χ0) is 10.1. The monoisotopic (exact) mass is 188 g/mol. The largest absolute Gasteiger partial charge is 0.357 e. The lowest BCUT2D eigenvalue weighted by atomic mass is 10.2. The van der Waals surface area contributed by atoms with Crippen molar-refractivity contribution in [1.82, 2.24) is 10.8 Å². The van der Waals surface area contributed by atoms with Crippen LogP contribution in [0.4, 0.5) is 0 Å². The van der Waals surface area contributed by atoms with Gasteiger partial charge in [-0.1, -0.05) is 13.3 Å². The van der Waals surface area contributed by atoms with Crippen molar-refractivity contribution in [2.75, 3.05) is 13.7 Å². The minimum Gasteiger partial charge on any atom is -0.357 e. The molecule has 0 bridgehead atoms. The van der Waals surface area contributed by atoms with E-state index < -0.39 is 0 Å². The van der Waals surface area contributed by atoms with E-state index in [1.54, 1.807) is 0 Å². The zero-order valence-electron chi connectivity index (χ0n) is 8.05. The molecule has 0 spiro atoms. The molecule has 5 nitrogen and oxygen atoms in total. The van der Waals surface area contributed by atoms with Gasteiger partial charge in [-0.25, -0.2) is 5.48 Å². The molecule has 2 amide bonds. The summed E-state index contributed by atoms with van der Waals surface area (Å²) in [6.45, 7) is 1.85. The van der Waals surface area contributed by atoms with Crippen molar-refractivity contribution in [2.24, 2.45) is 0 Å². The fourth-order valence-corrected chi connectivity index (χ4v) is 0.643. The quantitative estimate of drug-likeness (QED) is 0.575. The summed E-state index contributed by atoms with van der Waals surface area (Å²) in [5.41, 5.74) is 2.18. The molecule has 0 aliphatic carbocycles. The molecular weight excluding hydrogens is 172 g/mol. The van der Waals surface area contributed by atoms with Crippen molar-refractivity contribution in [1.29, 1.82) is 0 Å². The first-order valence-corrected chi connectivity index (χ1v) is 4.32. The molecule has 0 aromatic rings. The predicted octanol–water partition coefficient (Wildman–Crippen LogP) is -0.0296. The van der Waals surface area contributed by atoms with E-state index in [9.17, 15) is 9.59 Å². The van der Waals surface area contributed by atoms with Gasteiger partial charge < -0.3 is 5.32 Å². The Kier molecular flexibility index (Phi) is 6.91. The van der Waals surface area contributed by atoms with Crippen molar-refractivity contribution in [2.45, 2.75) is 26.2 Å². The Morgan fingerprint density at radius 3 is 2.54 bits per heavy atom. The van der Waals surface area contributed by atoms with Crippen molar-refractivity contribution >= 4 is 11.8 Å². The van der Waals surface area contributed by atoms with Gasteiger partial charge in [-0.05, 0) is 6.42 Å². The van der Waals surface area contributed by atoms with Gasteiger partial charge in [-0.3, -0.25) is 14.4 Å². The molecule has 0 radical (unpaired) electrons. The number of hydroxylamine groups is 1. The van der Waals surface area contributed by atoms with Crippen molar-refractivity contribution < 1.29 is 14.4 Å². The maximum Gasteiger partial charge on any atom is 0.248 e. The normalized spacial score (nSPS) is 9.38. The second-order valence-corrected chi connectivity index (χ2v) is 2.59. The van der Waals surface area contributed by atoms with Crippen molar-refractivity contribution in [3.63, 3.8) is 0 Å². The molecule has 0 aliphatic rings. The molecule has 76 valence electrons. The maximum atomic E-state index is 10.9. The van der Waals surface area contributed by atoms with Crippen LogP contribution >= 0.6 is 0 Å². The fraction of sp³-hybridized carbons (Fsp3) is 0.750. The lowest BCUT2D eigenvalue weighted by Gasteiger charge is -2.03. The first-order chi connectivity index (χ1) is 6.20. The fourth-order valence-electron chi connectivity index (χ4n) is 0.643. The summed E-state index contributed by atoms with van der Waals surface area (Å²) < 4.78 is 0. The number of hydrogen-bond acceptors (Lipinski definition) is 3. The lowest BCUT2D eigenvalue weighted by Crippen LogP contribution is -2.30. The highest BCUT2D eigenvalue weighted by atomic mass is 16.7. The number of amides is 2. The summed E-state index contributed by atoms with van der Waals surface area (Å²) in [4.78, 5) is 26.2. The van der Waals surface area contributed by atoms with E-state index in [2.05, 4.69) is 15.6 Å². The van der Waals surface area contributed by atoms with Crippen LogP contribution in [0.25, 0.3) is 0 Å². The Morgan fingerprint density at radius 2 is 2.00 bits per heavy atom. The molecule has 2 N–H and O–H groups in total. The van der Waals surface area contributed by atoms with E-state index in [0.717, 1.165) is 12.8 Å². The lowest BCUT2D eigenvalue weighted by molar-refractivity contribution is -0.139. The van der Waals surface area contributed by atoms with Crippen LogP contribution in [0, 0.1) is 0 Å². The van der Waals surface area contributed by atoms with Gasteiger partial charge in [0, 0.05) is 13.5 Å². The van der Waals surface area contributed by atoms with Crippen LogP contribution in [0.2, 0.25) is 0 Å². The van der Waals surface area contributed by atoms with E-state index in [0.29, 0.717) is 6.42 Å². The second kappa shape index (κ2) is 7.54. The van der Waals surface area contributed by atoms with Crippen LogP contribution in [0.15, 0.2) is 0 Å². The van der Waals surface area contributed by atoms with Crippen molar-refractivity contribution in [3.8, 4) is 0 Å². The van der Waals surface area contributed by atoms with Gasteiger partial charge >= 0.3 is 0 Å². The molecule has 0 aromatic heterocycles. The highest BCUT2D eigenvalue weighted by Gasteiger charge is 2.01. The first kappa shape index (κ1) is 11.9. The van der Waals surface area contributed by atoms with E-state index in [1.807, 2.05) is 6.92 Å². The van der Waals surface area contributed by atoms with E-state index >= 15 is 0 Å². The molecule has 0 heterocycles. The van der Waals surface area contributed by atoms with E-state index in [4.69, 9.17) is 0 Å². The third-order valence-electron chi connectivity index (χ3n) is 1.43. The van der Waals surface area contributed by atoms with Crippen LogP contribution in [-0.4, -0.2) is 25.5 Å². The van der Waals surface area contributed by atoms with Gasteiger partial charge in [0.05, 0.1) is 0 Å². The molecule has 0 unspecified atom stereocenters. The Balaban J connectivity index is 3.31. The third-order valence-corrected chi connectivity index (χ3v) is 1.43. The van der Waals surface area contributed by atoms with Gasteiger partial charge in [-0.15, -0.1) is 0 Å². The number of likely N-dealkylation sites (N-methyl/N-ethyl adjacent to an activating group) is 1. The topological polar surface area (TPSA) is 67.4 Å². The van der Waals surface area contributed by atoms with Crippen LogP contribution in [0.3, 0.4) is 0 Å². The summed E-state index contributed by atoms with van der Waals surface area (Å²) in [5, 5.41) is 2.37. The Labute approximate surface area is 77.8 Å². The molecule has 0 rings (SSSR count). The second-order valence-electron chi connectivity index (χ2n) is 2.59. The summed E-state index contributed by atoms with van der Waals surface area (Å²) in [7, 11) is 1.50. The van der Waals surface area contributed by atoms with Crippen LogP contribution < -0.4 is 10.8 Å². The number of unbranched alkanes of at least 4 members (excludes halogenated alkanes) is 1. The number of nitrogens with one attached hydrogen (secondary N) is 2. The van der Waals surface area contributed by atoms with Gasteiger partial charge in [0.1, 0.15) is 0 Å². The SMILES string of the molecule is CCCCC(=O)NOCC(=O)NC. The van der Waals surface area contributed by atoms with Gasteiger partial charge in [0.15, 0.2) is 6.61 Å². The molecule has 5 heteroatoms. The molecule has 13 heavy (non-hydrogen) atoms. The van der Waals surface area contributed by atoms with Gasteiger partial charge in [0.2, 0.25) is 11.8 Å². The molecular formula is C8H16N2O3. The van der Waals surface area contributed by atoms with E-state index in [-0.39, 0.29) is 18.4 Å². The predicted molar refractivity (Wildman–Crippen MR) is 47.7 cm³/mol. The Hall–Kier alpha value is -1.10. The number of carbonyl (C=O) groups is 2. The number of carbonyl (C=O) groups excluding carboxylic acids is 2. The summed E-state index contributed by atoms with van der Waals surface area (Å²) in [6, 6.07) is 0. The summed E-state index contributed by atoms with van der Waals surface area (Å²) in [5.74, 6) is -0.457. The van der Waals surface area contributed by atoms with Crippen molar-refractivity contribution in [3.05, 3.63) is 0 Å². The molecule has 0 aliphatic heterocycles. The average Bonchev–Trinajstić information content (AvgIpc) is 2.14. The highest BCUT2D eigenvalue weighted by Crippen LogP contribution is 1.92. The standard InChI is InChI=1S/C8H16N2O3/c1-3-4-5-7(11)10-13-6-8(12)9-2/h3-6H2,1-2H3,(H,9,12)(H,10,11). The zero-order valence-corrected chi connectivity index (χ0v) is 8.05. The molecule has 0 atom stereocenters. The molecule has 0 saturated heterocycles. The van der Waals surface area contributed by atoms with Gasteiger partial charge in [-0.2, -0.15) is 0 Å². The molecule has 0 aromatic carbocycles. The summed E-state index contributed by atoms with van der Waals surface area (Å²) >= 11 is 0. The molecule has 0 saturated carbocycles. The number of hydrogen-bond donors (Lipinski definition) is 2. The first-order valence-electron chi connectivity index (χ1n) is 4.32. The minimum atomic E-state index is -0.268.